The molecule has 0 spiro atoms. The van der Waals surface area contributed by atoms with Gasteiger partial charge in [0.05, 0.1) is 29.8 Å². The van der Waals surface area contributed by atoms with Crippen molar-refractivity contribution in [1.29, 1.82) is 0 Å². The maximum atomic E-state index is 13.2. The summed E-state index contributed by atoms with van der Waals surface area (Å²) in [7, 11) is 0. The van der Waals surface area contributed by atoms with E-state index in [1.807, 2.05) is 34.1 Å². The van der Waals surface area contributed by atoms with Gasteiger partial charge in [-0.05, 0) is 66.4 Å². The van der Waals surface area contributed by atoms with Crippen molar-refractivity contribution in [3.05, 3.63) is 83.4 Å². The Labute approximate surface area is 212 Å². The number of urea groups is 1. The Morgan fingerprint density at radius 1 is 1.17 bits per heavy atom. The van der Waals surface area contributed by atoms with Crippen LogP contribution in [0.5, 0.6) is 0 Å². The monoisotopic (exact) mass is 482 g/mol. The van der Waals surface area contributed by atoms with E-state index in [0.717, 1.165) is 57.5 Å². The Balaban J connectivity index is 1.25. The average molecular weight is 483 g/mol. The minimum absolute atomic E-state index is 0.00530. The molecule has 2 aromatic heterocycles. The van der Waals surface area contributed by atoms with Crippen molar-refractivity contribution in [2.45, 2.75) is 38.6 Å². The molecule has 2 amide bonds. The first-order valence-electron chi connectivity index (χ1n) is 13.1. The molecule has 1 aromatic carbocycles. The number of rotatable bonds is 5. The summed E-state index contributed by atoms with van der Waals surface area (Å²) >= 11 is 0. The van der Waals surface area contributed by atoms with E-state index in [0.29, 0.717) is 5.92 Å². The standard InChI is InChI=1S/C29H34N6O/c1-29-18-22-19-32-35(25-8-5-11-31-20-25)27(22)17-24(29)10-9-23(29)16-26(21-6-3-2-4-7-21)33-28(36)34-14-12-30-13-15-34/h2-8,11,17,19-20,23,26,30H,9-10,12-16,18H2,1H3,(H,33,36). The van der Waals surface area contributed by atoms with Crippen LogP contribution in [0, 0.1) is 11.3 Å². The second-order valence-corrected chi connectivity index (χ2v) is 10.6. The van der Waals surface area contributed by atoms with E-state index in [1.165, 1.54) is 22.4 Å². The third-order valence-corrected chi connectivity index (χ3v) is 8.47. The molecule has 186 valence electrons. The molecule has 3 aliphatic rings. The SMILES string of the molecule is CC12Cc3cnn(-c4cccnc4)c3C=C1CCC2CC(NC(=O)N1CCNCC1)c1ccccc1. The van der Waals surface area contributed by atoms with Crippen molar-refractivity contribution in [1.82, 2.24) is 30.3 Å². The van der Waals surface area contributed by atoms with E-state index < -0.39 is 0 Å². The number of fused-ring (bicyclic) bond motifs is 2. The van der Waals surface area contributed by atoms with Crippen LogP contribution in [0.2, 0.25) is 0 Å². The van der Waals surface area contributed by atoms with Crippen LogP contribution in [-0.2, 0) is 6.42 Å². The number of carbonyl (C=O) groups is 1. The molecule has 6 rings (SSSR count). The molecule has 3 atom stereocenters. The number of amides is 2. The van der Waals surface area contributed by atoms with Gasteiger partial charge in [-0.25, -0.2) is 9.48 Å². The molecule has 1 saturated carbocycles. The van der Waals surface area contributed by atoms with Crippen molar-refractivity contribution in [2.75, 3.05) is 26.2 Å². The first kappa shape index (κ1) is 23.0. The lowest BCUT2D eigenvalue weighted by atomic mass is 9.68. The minimum atomic E-state index is -0.00530. The Morgan fingerprint density at radius 3 is 2.78 bits per heavy atom. The number of hydrogen-bond acceptors (Lipinski definition) is 4. The van der Waals surface area contributed by atoms with Gasteiger partial charge in [0.25, 0.3) is 0 Å². The van der Waals surface area contributed by atoms with Gasteiger partial charge in [-0.1, -0.05) is 42.8 Å². The first-order chi connectivity index (χ1) is 17.6. The highest BCUT2D eigenvalue weighted by atomic mass is 16.2. The van der Waals surface area contributed by atoms with E-state index in [-0.39, 0.29) is 17.5 Å². The van der Waals surface area contributed by atoms with Gasteiger partial charge in [-0.15, -0.1) is 0 Å². The van der Waals surface area contributed by atoms with E-state index in [2.05, 4.69) is 58.9 Å². The van der Waals surface area contributed by atoms with Gasteiger partial charge >= 0.3 is 6.03 Å². The second-order valence-electron chi connectivity index (χ2n) is 10.6. The van der Waals surface area contributed by atoms with Gasteiger partial charge in [0.15, 0.2) is 0 Å². The number of hydrogen-bond donors (Lipinski definition) is 2. The van der Waals surface area contributed by atoms with E-state index in [1.54, 1.807) is 6.20 Å². The summed E-state index contributed by atoms with van der Waals surface area (Å²) in [6.07, 6.45) is 12.2. The Morgan fingerprint density at radius 2 is 2.00 bits per heavy atom. The molecule has 0 bridgehead atoms. The number of nitrogens with zero attached hydrogens (tertiary/aromatic N) is 4. The van der Waals surface area contributed by atoms with Crippen molar-refractivity contribution >= 4 is 12.1 Å². The van der Waals surface area contributed by atoms with Gasteiger partial charge < -0.3 is 15.5 Å². The van der Waals surface area contributed by atoms with Crippen LogP contribution < -0.4 is 10.6 Å². The highest BCUT2D eigenvalue weighted by molar-refractivity contribution is 5.75. The molecule has 2 aliphatic carbocycles. The van der Waals surface area contributed by atoms with Crippen LogP contribution in [0.4, 0.5) is 4.79 Å². The topological polar surface area (TPSA) is 75.1 Å². The third-order valence-electron chi connectivity index (χ3n) is 8.47. The summed E-state index contributed by atoms with van der Waals surface area (Å²) in [6.45, 7) is 5.64. The summed E-state index contributed by atoms with van der Waals surface area (Å²) in [5.74, 6) is 0.479. The molecule has 1 aliphatic heterocycles. The molecule has 7 nitrogen and oxygen atoms in total. The number of benzene rings is 1. The highest BCUT2D eigenvalue weighted by Gasteiger charge is 2.46. The fraction of sp³-hybridized carbons (Fsp3) is 0.414. The minimum Gasteiger partial charge on any atom is -0.331 e. The first-order valence-corrected chi connectivity index (χ1v) is 13.1. The van der Waals surface area contributed by atoms with E-state index in [9.17, 15) is 4.79 Å². The molecule has 1 saturated heterocycles. The Kier molecular flexibility index (Phi) is 6.09. The molecule has 3 heterocycles. The molecule has 0 radical (unpaired) electrons. The van der Waals surface area contributed by atoms with Crippen LogP contribution in [0.1, 0.15) is 49.0 Å². The van der Waals surface area contributed by atoms with Gasteiger partial charge in [0.1, 0.15) is 0 Å². The number of carbonyl (C=O) groups excluding carboxylic acids is 1. The van der Waals surface area contributed by atoms with Gasteiger partial charge in [0, 0.05) is 32.4 Å². The normalized spacial score (nSPS) is 24.0. The number of allylic oxidation sites excluding steroid dienone is 1. The van der Waals surface area contributed by atoms with Crippen molar-refractivity contribution < 1.29 is 4.79 Å². The summed E-state index contributed by atoms with van der Waals surface area (Å²) < 4.78 is 2.02. The van der Waals surface area contributed by atoms with Gasteiger partial charge in [-0.3, -0.25) is 4.98 Å². The summed E-state index contributed by atoms with van der Waals surface area (Å²) in [5.41, 5.74) is 6.23. The molecule has 7 heteroatoms. The fourth-order valence-corrected chi connectivity index (χ4v) is 6.35. The number of aromatic nitrogens is 3. The van der Waals surface area contributed by atoms with Crippen LogP contribution in [0.25, 0.3) is 11.8 Å². The molecular weight excluding hydrogens is 448 g/mol. The lowest BCUT2D eigenvalue weighted by Gasteiger charge is -2.38. The maximum absolute atomic E-state index is 13.2. The maximum Gasteiger partial charge on any atom is 0.317 e. The fourth-order valence-electron chi connectivity index (χ4n) is 6.35. The smallest absolute Gasteiger partial charge is 0.317 e. The molecule has 3 unspecified atom stereocenters. The summed E-state index contributed by atoms with van der Waals surface area (Å²) in [6, 6.07) is 14.5. The Hall–Kier alpha value is -3.45. The summed E-state index contributed by atoms with van der Waals surface area (Å²) in [5, 5.41) is 11.5. The number of pyridine rings is 1. The van der Waals surface area contributed by atoms with Crippen molar-refractivity contribution in [3.8, 4) is 5.69 Å². The van der Waals surface area contributed by atoms with Crippen LogP contribution >= 0.6 is 0 Å². The second kappa shape index (κ2) is 9.54. The van der Waals surface area contributed by atoms with Gasteiger partial charge in [0.2, 0.25) is 0 Å². The zero-order valence-electron chi connectivity index (χ0n) is 20.9. The zero-order valence-corrected chi connectivity index (χ0v) is 20.9. The van der Waals surface area contributed by atoms with E-state index >= 15 is 0 Å². The largest absolute Gasteiger partial charge is 0.331 e. The van der Waals surface area contributed by atoms with E-state index in [4.69, 9.17) is 5.10 Å². The Bertz CT molecular complexity index is 1250. The van der Waals surface area contributed by atoms with Crippen molar-refractivity contribution in [2.24, 2.45) is 11.3 Å². The molecule has 3 aromatic rings. The van der Waals surface area contributed by atoms with Crippen LogP contribution in [0.15, 0.2) is 66.6 Å². The predicted octanol–water partition coefficient (Wildman–Crippen LogP) is 4.37. The highest BCUT2D eigenvalue weighted by Crippen LogP contribution is 2.55. The molecule has 2 fully saturated rings. The predicted molar refractivity (Wildman–Crippen MR) is 141 cm³/mol. The average Bonchev–Trinajstić information content (AvgIpc) is 3.47. The summed E-state index contributed by atoms with van der Waals surface area (Å²) in [4.78, 5) is 19.4. The van der Waals surface area contributed by atoms with Crippen molar-refractivity contribution in [3.63, 3.8) is 0 Å². The molecule has 36 heavy (non-hydrogen) atoms. The van der Waals surface area contributed by atoms with Crippen LogP contribution in [-0.4, -0.2) is 51.9 Å². The lowest BCUT2D eigenvalue weighted by molar-refractivity contribution is 0.178. The lowest BCUT2D eigenvalue weighted by Crippen LogP contribution is -2.51. The quantitative estimate of drug-likeness (QED) is 0.566. The van der Waals surface area contributed by atoms with Crippen LogP contribution in [0.3, 0.4) is 0 Å². The molecular formula is C29H34N6O. The number of piperazine rings is 1. The third kappa shape index (κ3) is 4.22. The van der Waals surface area contributed by atoms with Gasteiger partial charge in [-0.2, -0.15) is 5.10 Å². The zero-order chi connectivity index (χ0) is 24.5. The molecule has 2 N–H and O–H groups in total. The number of nitrogens with one attached hydrogen (secondary N) is 2.